The van der Waals surface area contributed by atoms with Crippen LogP contribution in [0.5, 0.6) is 0 Å². The third-order valence-corrected chi connectivity index (χ3v) is 4.79. The summed E-state index contributed by atoms with van der Waals surface area (Å²) in [6.07, 6.45) is 0.973. The van der Waals surface area contributed by atoms with Gasteiger partial charge in [0.25, 0.3) is 0 Å². The molecule has 3 aromatic rings. The summed E-state index contributed by atoms with van der Waals surface area (Å²) < 4.78 is 2.02. The van der Waals surface area contributed by atoms with Crippen LogP contribution < -0.4 is 11.1 Å². The Kier molecular flexibility index (Phi) is 4.55. The summed E-state index contributed by atoms with van der Waals surface area (Å²) in [6, 6.07) is 12.3. The maximum Gasteiger partial charge on any atom is 0.320 e. The van der Waals surface area contributed by atoms with Crippen LogP contribution in [0, 0.1) is 0 Å². The minimum absolute atomic E-state index is 0.248. The van der Waals surface area contributed by atoms with E-state index in [9.17, 15) is 4.79 Å². The van der Waals surface area contributed by atoms with Crippen molar-refractivity contribution in [3.63, 3.8) is 0 Å². The molecule has 0 aliphatic carbocycles. The fourth-order valence-corrected chi connectivity index (χ4v) is 3.42. The fourth-order valence-electron chi connectivity index (χ4n) is 3.25. The molecule has 0 radical (unpaired) electrons. The number of nitrogens with one attached hydrogen (secondary N) is 1. The molecule has 0 unspecified atom stereocenters. The van der Waals surface area contributed by atoms with Crippen molar-refractivity contribution in [2.75, 3.05) is 11.9 Å². The molecule has 0 amide bonds. The minimum atomic E-state index is -1.02. The van der Waals surface area contributed by atoms with E-state index in [-0.39, 0.29) is 6.42 Å². The van der Waals surface area contributed by atoms with Gasteiger partial charge in [-0.3, -0.25) is 9.36 Å². The van der Waals surface area contributed by atoms with Crippen LogP contribution in [0.1, 0.15) is 11.4 Å². The van der Waals surface area contributed by atoms with E-state index in [1.54, 1.807) is 0 Å². The molecule has 4 N–H and O–H groups in total. The molecule has 0 fully saturated rings. The van der Waals surface area contributed by atoms with Gasteiger partial charge in [-0.1, -0.05) is 29.8 Å². The summed E-state index contributed by atoms with van der Waals surface area (Å²) in [4.78, 5) is 11.0. The average molecular weight is 384 g/mol. The van der Waals surface area contributed by atoms with Crippen LogP contribution in [-0.4, -0.2) is 38.4 Å². The number of hydrogen-bond acceptors (Lipinski definition) is 5. The summed E-state index contributed by atoms with van der Waals surface area (Å²) in [5.41, 5.74) is 9.21. The highest BCUT2D eigenvalue weighted by Crippen LogP contribution is 2.32. The van der Waals surface area contributed by atoms with Gasteiger partial charge in [0.15, 0.2) is 5.82 Å². The Morgan fingerprint density at radius 3 is 2.96 bits per heavy atom. The summed E-state index contributed by atoms with van der Waals surface area (Å²) >= 11 is 6.14. The Morgan fingerprint density at radius 2 is 2.15 bits per heavy atom. The van der Waals surface area contributed by atoms with E-state index in [0.29, 0.717) is 10.8 Å². The zero-order valence-electron chi connectivity index (χ0n) is 14.4. The Bertz CT molecular complexity index is 1020. The predicted octanol–water partition coefficient (Wildman–Crippen LogP) is 2.51. The molecule has 0 bridgehead atoms. The van der Waals surface area contributed by atoms with Crippen molar-refractivity contribution in [2.24, 2.45) is 5.73 Å². The third-order valence-electron chi connectivity index (χ3n) is 4.55. The van der Waals surface area contributed by atoms with E-state index < -0.39 is 12.0 Å². The molecule has 1 atom stereocenters. The largest absolute Gasteiger partial charge is 0.480 e. The molecule has 1 aromatic heterocycles. The van der Waals surface area contributed by atoms with E-state index in [0.717, 1.165) is 41.3 Å². The zero-order chi connectivity index (χ0) is 19.0. The molecule has 7 nitrogen and oxygen atoms in total. The highest BCUT2D eigenvalue weighted by atomic mass is 35.5. The lowest BCUT2D eigenvalue weighted by atomic mass is 10.0. The average Bonchev–Trinajstić information content (AvgIpc) is 2.97. The number of carbonyl (C=O) groups is 1. The van der Waals surface area contributed by atoms with E-state index >= 15 is 0 Å². The SMILES string of the molecule is N[C@@H](Cc1cccc(-c2nnc3n2-c2ccc(Cl)cc2NCC3)c1)C(=O)O. The van der Waals surface area contributed by atoms with E-state index in [1.165, 1.54) is 0 Å². The number of fused-ring (bicyclic) bond motifs is 3. The quantitative estimate of drug-likeness (QED) is 0.639. The number of aromatic nitrogens is 3. The van der Waals surface area contributed by atoms with Crippen molar-refractivity contribution in [3.8, 4) is 17.1 Å². The molecule has 0 saturated heterocycles. The third kappa shape index (κ3) is 3.39. The van der Waals surface area contributed by atoms with Crippen LogP contribution >= 0.6 is 11.6 Å². The van der Waals surface area contributed by atoms with Crippen LogP contribution in [0.15, 0.2) is 42.5 Å². The van der Waals surface area contributed by atoms with Crippen molar-refractivity contribution in [3.05, 3.63) is 58.9 Å². The zero-order valence-corrected chi connectivity index (χ0v) is 15.1. The first-order chi connectivity index (χ1) is 13.0. The number of benzene rings is 2. The lowest BCUT2D eigenvalue weighted by Crippen LogP contribution is -2.32. The summed E-state index contributed by atoms with van der Waals surface area (Å²) in [7, 11) is 0. The Labute approximate surface area is 160 Å². The van der Waals surface area contributed by atoms with Crippen LogP contribution in [0.2, 0.25) is 5.02 Å². The Hall–Kier alpha value is -2.90. The topological polar surface area (TPSA) is 106 Å². The normalized spacial score (nSPS) is 13.9. The molecule has 1 aliphatic heterocycles. The second kappa shape index (κ2) is 7.02. The molecule has 27 heavy (non-hydrogen) atoms. The van der Waals surface area contributed by atoms with Crippen molar-refractivity contribution >= 4 is 23.3 Å². The highest BCUT2D eigenvalue weighted by molar-refractivity contribution is 6.31. The van der Waals surface area contributed by atoms with E-state index in [1.807, 2.05) is 47.0 Å². The van der Waals surface area contributed by atoms with Gasteiger partial charge in [0.2, 0.25) is 0 Å². The maximum absolute atomic E-state index is 11.0. The number of hydrogen-bond donors (Lipinski definition) is 3. The second-order valence-electron chi connectivity index (χ2n) is 6.46. The van der Waals surface area contributed by atoms with Gasteiger partial charge in [-0.2, -0.15) is 0 Å². The molecule has 0 saturated carbocycles. The van der Waals surface area contributed by atoms with Gasteiger partial charge in [0.05, 0.1) is 11.4 Å². The summed E-state index contributed by atoms with van der Waals surface area (Å²) in [5, 5.41) is 21.8. The van der Waals surface area contributed by atoms with Crippen molar-refractivity contribution < 1.29 is 9.90 Å². The number of nitrogens with two attached hydrogens (primary N) is 1. The van der Waals surface area contributed by atoms with Gasteiger partial charge >= 0.3 is 5.97 Å². The molecule has 2 heterocycles. The summed E-state index contributed by atoms with van der Waals surface area (Å²) in [6.45, 7) is 0.735. The molecule has 0 spiro atoms. The number of anilines is 1. The molecule has 4 rings (SSSR count). The van der Waals surface area contributed by atoms with Gasteiger partial charge in [-0.15, -0.1) is 10.2 Å². The lowest BCUT2D eigenvalue weighted by molar-refractivity contribution is -0.138. The van der Waals surface area contributed by atoms with Gasteiger partial charge in [-0.25, -0.2) is 0 Å². The number of aliphatic carboxylic acids is 1. The maximum atomic E-state index is 11.0. The number of rotatable bonds is 4. The first-order valence-corrected chi connectivity index (χ1v) is 8.96. The molecular formula is C19H18ClN5O2. The first kappa shape index (κ1) is 17.5. The van der Waals surface area contributed by atoms with Crippen LogP contribution in [0.4, 0.5) is 5.69 Å². The van der Waals surface area contributed by atoms with Crippen molar-refractivity contribution in [1.82, 2.24) is 14.8 Å². The number of carboxylic acid groups (broad SMARTS) is 1. The molecule has 2 aromatic carbocycles. The number of halogens is 1. The monoisotopic (exact) mass is 383 g/mol. The molecular weight excluding hydrogens is 366 g/mol. The Morgan fingerprint density at radius 1 is 1.30 bits per heavy atom. The smallest absolute Gasteiger partial charge is 0.320 e. The Balaban J connectivity index is 1.79. The van der Waals surface area contributed by atoms with Gasteiger partial charge in [0, 0.05) is 23.6 Å². The second-order valence-corrected chi connectivity index (χ2v) is 6.90. The molecule has 8 heteroatoms. The first-order valence-electron chi connectivity index (χ1n) is 8.59. The van der Waals surface area contributed by atoms with Crippen molar-refractivity contribution in [1.29, 1.82) is 0 Å². The van der Waals surface area contributed by atoms with Crippen LogP contribution in [0.3, 0.4) is 0 Å². The standard InChI is InChI=1S/C19H18ClN5O2/c20-13-4-5-16-15(10-13)22-7-6-17-23-24-18(25(16)17)12-3-1-2-11(8-12)9-14(21)19(26)27/h1-5,8,10,14,22H,6-7,9,21H2,(H,26,27)/t14-/m0/s1. The van der Waals surface area contributed by atoms with Crippen molar-refractivity contribution in [2.45, 2.75) is 18.9 Å². The lowest BCUT2D eigenvalue weighted by Gasteiger charge is -2.13. The number of carboxylic acids is 1. The van der Waals surface area contributed by atoms with E-state index in [4.69, 9.17) is 22.4 Å². The van der Waals surface area contributed by atoms with Crippen LogP contribution in [-0.2, 0) is 17.6 Å². The van der Waals surface area contributed by atoms with Gasteiger partial charge in [-0.05, 0) is 36.2 Å². The minimum Gasteiger partial charge on any atom is -0.480 e. The van der Waals surface area contributed by atoms with Gasteiger partial charge < -0.3 is 16.2 Å². The van der Waals surface area contributed by atoms with E-state index in [2.05, 4.69) is 15.5 Å². The van der Waals surface area contributed by atoms with Gasteiger partial charge in [0.1, 0.15) is 11.9 Å². The number of nitrogens with zero attached hydrogens (tertiary/aromatic N) is 3. The van der Waals surface area contributed by atoms with Crippen LogP contribution in [0.25, 0.3) is 17.1 Å². The fraction of sp³-hybridized carbons (Fsp3) is 0.211. The summed E-state index contributed by atoms with van der Waals surface area (Å²) in [5.74, 6) is 0.530. The highest BCUT2D eigenvalue weighted by Gasteiger charge is 2.21. The molecule has 138 valence electrons. The predicted molar refractivity (Wildman–Crippen MR) is 103 cm³/mol. The molecule has 1 aliphatic rings.